The SMILES string of the molecule is CN1CCC2(CCCO2)CC1.CN1CCCC2(CCO2)C1.CN1CCCC2(COC2)C1. The molecule has 6 heterocycles. The maximum absolute atomic E-state index is 5.80. The second kappa shape index (κ2) is 10.4. The third kappa shape index (κ3) is 6.21. The van der Waals surface area contributed by atoms with Crippen LogP contribution in [-0.4, -0.2) is 113 Å². The van der Waals surface area contributed by atoms with Gasteiger partial charge in [0.15, 0.2) is 0 Å². The molecule has 0 aromatic rings. The molecule has 0 aromatic carbocycles. The second-order valence-corrected chi connectivity index (χ2v) is 11.4. The number of nitrogens with zero attached hydrogens (tertiary/aromatic N) is 3. The van der Waals surface area contributed by atoms with Gasteiger partial charge in [-0.25, -0.2) is 0 Å². The minimum Gasteiger partial charge on any atom is -0.380 e. The van der Waals surface area contributed by atoms with E-state index in [1.165, 1.54) is 90.5 Å². The number of likely N-dealkylation sites (N-methyl/N-ethyl adjacent to an activating group) is 1. The zero-order chi connectivity index (χ0) is 21.8. The van der Waals surface area contributed by atoms with Crippen molar-refractivity contribution in [2.45, 2.75) is 69.0 Å². The van der Waals surface area contributed by atoms with E-state index in [1.54, 1.807) is 0 Å². The van der Waals surface area contributed by atoms with E-state index in [1.807, 2.05) is 0 Å². The fourth-order valence-electron chi connectivity index (χ4n) is 6.29. The Bertz CT molecular complexity index is 516. The van der Waals surface area contributed by atoms with Gasteiger partial charge in [0.25, 0.3) is 0 Å². The molecule has 6 fully saturated rings. The Hall–Kier alpha value is -0.240. The van der Waals surface area contributed by atoms with Crippen LogP contribution in [0.4, 0.5) is 0 Å². The zero-order valence-electron chi connectivity index (χ0n) is 20.5. The van der Waals surface area contributed by atoms with Crippen LogP contribution in [0.2, 0.25) is 0 Å². The summed E-state index contributed by atoms with van der Waals surface area (Å²) in [5.41, 5.74) is 1.19. The van der Waals surface area contributed by atoms with Crippen molar-refractivity contribution < 1.29 is 14.2 Å². The quantitative estimate of drug-likeness (QED) is 0.580. The number of hydrogen-bond donors (Lipinski definition) is 0. The van der Waals surface area contributed by atoms with Gasteiger partial charge in [0.2, 0.25) is 0 Å². The van der Waals surface area contributed by atoms with E-state index in [0.717, 1.165) is 33.0 Å². The minimum absolute atomic E-state index is 0.299. The molecule has 0 radical (unpaired) electrons. The number of ether oxygens (including phenoxy) is 3. The molecule has 1 unspecified atom stereocenters. The van der Waals surface area contributed by atoms with Gasteiger partial charge < -0.3 is 28.9 Å². The highest BCUT2D eigenvalue weighted by Gasteiger charge is 2.42. The van der Waals surface area contributed by atoms with Crippen molar-refractivity contribution in [3.05, 3.63) is 0 Å². The van der Waals surface area contributed by atoms with E-state index in [4.69, 9.17) is 14.2 Å². The highest BCUT2D eigenvalue weighted by Crippen LogP contribution is 2.37. The van der Waals surface area contributed by atoms with Gasteiger partial charge in [0.05, 0.1) is 31.0 Å². The Morgan fingerprint density at radius 3 is 1.58 bits per heavy atom. The fourth-order valence-corrected chi connectivity index (χ4v) is 6.29. The molecule has 6 aliphatic heterocycles. The third-order valence-electron chi connectivity index (χ3n) is 8.45. The largest absolute Gasteiger partial charge is 0.380 e. The Balaban J connectivity index is 0.000000112. The summed E-state index contributed by atoms with van der Waals surface area (Å²) in [5, 5.41) is 0. The molecule has 0 N–H and O–H groups in total. The van der Waals surface area contributed by atoms with Crippen LogP contribution in [-0.2, 0) is 14.2 Å². The summed E-state index contributed by atoms with van der Waals surface area (Å²) >= 11 is 0. The predicted octanol–water partition coefficient (Wildman–Crippen LogP) is 2.86. The monoisotopic (exact) mass is 437 g/mol. The molecule has 3 spiro atoms. The van der Waals surface area contributed by atoms with Crippen LogP contribution in [0.25, 0.3) is 0 Å². The van der Waals surface area contributed by atoms with Crippen molar-refractivity contribution in [2.24, 2.45) is 5.41 Å². The van der Waals surface area contributed by atoms with Gasteiger partial charge in [-0.15, -0.1) is 0 Å². The van der Waals surface area contributed by atoms with E-state index in [-0.39, 0.29) is 0 Å². The molecule has 6 saturated heterocycles. The summed E-state index contributed by atoms with van der Waals surface area (Å²) in [6, 6.07) is 0. The van der Waals surface area contributed by atoms with E-state index >= 15 is 0 Å². The number of likely N-dealkylation sites (tertiary alicyclic amines) is 3. The maximum atomic E-state index is 5.80. The second-order valence-electron chi connectivity index (χ2n) is 11.4. The Morgan fingerprint density at radius 1 is 0.548 bits per heavy atom. The van der Waals surface area contributed by atoms with E-state index in [0.29, 0.717) is 16.6 Å². The molecule has 0 amide bonds. The van der Waals surface area contributed by atoms with Crippen molar-refractivity contribution in [1.82, 2.24) is 14.7 Å². The molecule has 180 valence electrons. The molecular weight excluding hydrogens is 390 g/mol. The summed E-state index contributed by atoms with van der Waals surface area (Å²) in [6.07, 6.45) is 11.7. The average molecular weight is 438 g/mol. The van der Waals surface area contributed by atoms with E-state index < -0.39 is 0 Å². The average Bonchev–Trinajstić information content (AvgIpc) is 3.17. The van der Waals surface area contributed by atoms with Gasteiger partial charge in [0, 0.05) is 44.6 Å². The molecule has 0 saturated carbocycles. The first-order chi connectivity index (χ1) is 14.9. The molecule has 1 atom stereocenters. The lowest BCUT2D eigenvalue weighted by atomic mass is 9.78. The van der Waals surface area contributed by atoms with Gasteiger partial charge in [-0.05, 0) is 85.6 Å². The van der Waals surface area contributed by atoms with Crippen molar-refractivity contribution in [2.75, 3.05) is 86.8 Å². The highest BCUT2D eigenvalue weighted by atomic mass is 16.5. The normalized spacial score (nSPS) is 34.9. The summed E-state index contributed by atoms with van der Waals surface area (Å²) in [6.45, 7) is 11.4. The number of piperidine rings is 3. The summed E-state index contributed by atoms with van der Waals surface area (Å²) in [4.78, 5) is 7.20. The molecular formula is C25H47N3O3. The van der Waals surface area contributed by atoms with Crippen molar-refractivity contribution >= 4 is 0 Å². The highest BCUT2D eigenvalue weighted by molar-refractivity contribution is 4.93. The molecule has 31 heavy (non-hydrogen) atoms. The first-order valence-corrected chi connectivity index (χ1v) is 12.8. The van der Waals surface area contributed by atoms with Crippen LogP contribution in [0.5, 0.6) is 0 Å². The first kappa shape index (κ1) is 23.9. The summed E-state index contributed by atoms with van der Waals surface area (Å²) in [5.74, 6) is 0. The van der Waals surface area contributed by atoms with Gasteiger partial charge >= 0.3 is 0 Å². The smallest absolute Gasteiger partial charge is 0.0831 e. The fraction of sp³-hybridized carbons (Fsp3) is 1.00. The molecule has 6 rings (SSSR count). The van der Waals surface area contributed by atoms with Crippen molar-refractivity contribution in [3.63, 3.8) is 0 Å². The topological polar surface area (TPSA) is 37.4 Å². The van der Waals surface area contributed by atoms with Crippen LogP contribution in [0.15, 0.2) is 0 Å². The predicted molar refractivity (Wildman–Crippen MR) is 125 cm³/mol. The van der Waals surface area contributed by atoms with Gasteiger partial charge in [0.1, 0.15) is 0 Å². The van der Waals surface area contributed by atoms with E-state index in [2.05, 4.69) is 35.8 Å². The van der Waals surface area contributed by atoms with Gasteiger partial charge in [-0.3, -0.25) is 0 Å². The van der Waals surface area contributed by atoms with Crippen LogP contribution < -0.4 is 0 Å². The molecule has 0 aliphatic carbocycles. The van der Waals surface area contributed by atoms with Crippen LogP contribution in [0.1, 0.15) is 57.8 Å². The molecule has 6 aliphatic rings. The van der Waals surface area contributed by atoms with Gasteiger partial charge in [-0.2, -0.15) is 0 Å². The Morgan fingerprint density at radius 2 is 1.16 bits per heavy atom. The van der Waals surface area contributed by atoms with Crippen LogP contribution in [0, 0.1) is 5.41 Å². The zero-order valence-corrected chi connectivity index (χ0v) is 20.5. The lowest BCUT2D eigenvalue weighted by molar-refractivity contribution is -0.173. The van der Waals surface area contributed by atoms with Crippen LogP contribution in [0.3, 0.4) is 0 Å². The molecule has 0 aromatic heterocycles. The first-order valence-electron chi connectivity index (χ1n) is 12.8. The van der Waals surface area contributed by atoms with E-state index in [9.17, 15) is 0 Å². The molecule has 0 bridgehead atoms. The summed E-state index contributed by atoms with van der Waals surface area (Å²) in [7, 11) is 6.59. The summed E-state index contributed by atoms with van der Waals surface area (Å²) < 4.78 is 16.6. The van der Waals surface area contributed by atoms with Gasteiger partial charge in [-0.1, -0.05) is 0 Å². The van der Waals surface area contributed by atoms with Crippen molar-refractivity contribution in [1.29, 1.82) is 0 Å². The lowest BCUT2D eigenvalue weighted by Gasteiger charge is -2.47. The molecule has 6 nitrogen and oxygen atoms in total. The Labute approximate surface area is 190 Å². The Kier molecular flexibility index (Phi) is 7.98. The third-order valence-corrected chi connectivity index (χ3v) is 8.45. The van der Waals surface area contributed by atoms with Crippen molar-refractivity contribution in [3.8, 4) is 0 Å². The maximum Gasteiger partial charge on any atom is 0.0831 e. The molecule has 6 heteroatoms. The standard InChI is InChI=1S/C9H17NO.2C8H15NO/c1-10-6-4-9(5-7-10)3-2-8-11-9;1-9-5-2-3-8(7-9)4-6-10-8;1-9-4-2-3-8(5-9)6-10-7-8/h2-8H2,1H3;2*2-7H2,1H3. The number of hydrogen-bond acceptors (Lipinski definition) is 6. The minimum atomic E-state index is 0.299. The number of rotatable bonds is 0. The lowest BCUT2D eigenvalue weighted by Crippen LogP contribution is -2.54. The van der Waals surface area contributed by atoms with Crippen LogP contribution >= 0.6 is 0 Å².